The van der Waals surface area contributed by atoms with Gasteiger partial charge in [0.1, 0.15) is 11.9 Å². The van der Waals surface area contributed by atoms with E-state index in [0.717, 1.165) is 11.1 Å². The Morgan fingerprint density at radius 1 is 1.42 bits per heavy atom. The number of oxazole rings is 1. The van der Waals surface area contributed by atoms with Crippen LogP contribution in [0.2, 0.25) is 0 Å². The van der Waals surface area contributed by atoms with Gasteiger partial charge in [-0.2, -0.15) is 0 Å². The standard InChI is InChI=1S/C13H14N2O4/c1-2-18-13(17)6-12(16)14-7-9-3-4-10-11(5-9)19-8-15-10/h3-5,8H,2,6-7H2,1H3,(H,14,16). The first-order valence-corrected chi connectivity index (χ1v) is 5.93. The number of nitrogens with zero attached hydrogens (tertiary/aromatic N) is 1. The number of carbonyl (C=O) groups is 2. The highest BCUT2D eigenvalue weighted by molar-refractivity contribution is 5.94. The number of carbonyl (C=O) groups excluding carboxylic acids is 2. The molecule has 0 bridgehead atoms. The maximum absolute atomic E-state index is 11.5. The Kier molecular flexibility index (Phi) is 4.12. The van der Waals surface area contributed by atoms with Crippen LogP contribution >= 0.6 is 0 Å². The highest BCUT2D eigenvalue weighted by Crippen LogP contribution is 2.13. The maximum Gasteiger partial charge on any atom is 0.315 e. The highest BCUT2D eigenvalue weighted by Gasteiger charge is 2.09. The minimum absolute atomic E-state index is 0.265. The lowest BCUT2D eigenvalue weighted by Gasteiger charge is -2.05. The van der Waals surface area contributed by atoms with Gasteiger partial charge in [0.25, 0.3) is 0 Å². The zero-order chi connectivity index (χ0) is 13.7. The van der Waals surface area contributed by atoms with Crippen LogP contribution in [0.25, 0.3) is 11.1 Å². The fourth-order valence-electron chi connectivity index (χ4n) is 1.62. The van der Waals surface area contributed by atoms with E-state index in [4.69, 9.17) is 4.42 Å². The minimum atomic E-state index is -0.523. The lowest BCUT2D eigenvalue weighted by molar-refractivity contribution is -0.146. The van der Waals surface area contributed by atoms with E-state index >= 15 is 0 Å². The van der Waals surface area contributed by atoms with Gasteiger partial charge in [-0.25, -0.2) is 4.98 Å². The van der Waals surface area contributed by atoms with Crippen LogP contribution in [-0.4, -0.2) is 23.5 Å². The Hall–Kier alpha value is -2.37. The fraction of sp³-hybridized carbons (Fsp3) is 0.308. The van der Waals surface area contributed by atoms with Crippen molar-refractivity contribution in [2.24, 2.45) is 0 Å². The predicted molar refractivity (Wildman–Crippen MR) is 67.1 cm³/mol. The predicted octanol–water partition coefficient (Wildman–Crippen LogP) is 1.40. The fourth-order valence-corrected chi connectivity index (χ4v) is 1.62. The molecule has 0 aliphatic carbocycles. The number of aromatic nitrogens is 1. The molecule has 1 heterocycles. The molecule has 0 aliphatic rings. The first kappa shape index (κ1) is 13.1. The van der Waals surface area contributed by atoms with E-state index in [0.29, 0.717) is 12.1 Å². The van der Waals surface area contributed by atoms with E-state index in [1.807, 2.05) is 12.1 Å². The highest BCUT2D eigenvalue weighted by atomic mass is 16.5. The summed E-state index contributed by atoms with van der Waals surface area (Å²) >= 11 is 0. The molecule has 2 aromatic rings. The van der Waals surface area contributed by atoms with Crippen molar-refractivity contribution in [1.29, 1.82) is 0 Å². The minimum Gasteiger partial charge on any atom is -0.466 e. The molecule has 0 fully saturated rings. The first-order valence-electron chi connectivity index (χ1n) is 5.93. The third-order valence-electron chi connectivity index (χ3n) is 2.50. The summed E-state index contributed by atoms with van der Waals surface area (Å²) in [4.78, 5) is 26.6. The summed E-state index contributed by atoms with van der Waals surface area (Å²) in [5.74, 6) is -0.887. The van der Waals surface area contributed by atoms with Gasteiger partial charge in [-0.15, -0.1) is 0 Å². The van der Waals surface area contributed by atoms with Gasteiger partial charge in [0.2, 0.25) is 5.91 Å². The molecule has 1 aromatic carbocycles. The molecule has 19 heavy (non-hydrogen) atoms. The van der Waals surface area contributed by atoms with Crippen molar-refractivity contribution in [3.05, 3.63) is 30.2 Å². The summed E-state index contributed by atoms with van der Waals surface area (Å²) in [7, 11) is 0. The zero-order valence-corrected chi connectivity index (χ0v) is 10.5. The maximum atomic E-state index is 11.5. The van der Waals surface area contributed by atoms with Gasteiger partial charge < -0.3 is 14.5 Å². The van der Waals surface area contributed by atoms with Crippen LogP contribution in [0.15, 0.2) is 29.0 Å². The van der Waals surface area contributed by atoms with Crippen LogP contribution in [0.5, 0.6) is 0 Å². The summed E-state index contributed by atoms with van der Waals surface area (Å²) in [6.45, 7) is 2.30. The quantitative estimate of drug-likeness (QED) is 0.650. The van der Waals surface area contributed by atoms with E-state index in [9.17, 15) is 9.59 Å². The molecule has 6 nitrogen and oxygen atoms in total. The van der Waals surface area contributed by atoms with Gasteiger partial charge in [-0.05, 0) is 24.6 Å². The van der Waals surface area contributed by atoms with Gasteiger partial charge in [0, 0.05) is 6.54 Å². The van der Waals surface area contributed by atoms with Crippen molar-refractivity contribution in [1.82, 2.24) is 10.3 Å². The summed E-state index contributed by atoms with van der Waals surface area (Å²) in [5.41, 5.74) is 2.31. The molecular weight excluding hydrogens is 248 g/mol. The van der Waals surface area contributed by atoms with Crippen molar-refractivity contribution in [3.8, 4) is 0 Å². The molecule has 1 amide bonds. The molecule has 1 aromatic heterocycles. The summed E-state index contributed by atoms with van der Waals surface area (Å²) in [5, 5.41) is 2.64. The molecule has 0 saturated carbocycles. The molecular formula is C13H14N2O4. The lowest BCUT2D eigenvalue weighted by atomic mass is 10.2. The first-order chi connectivity index (χ1) is 9.19. The number of ether oxygens (including phenoxy) is 1. The Morgan fingerprint density at radius 3 is 3.05 bits per heavy atom. The van der Waals surface area contributed by atoms with Crippen LogP contribution in [0.4, 0.5) is 0 Å². The van der Waals surface area contributed by atoms with Gasteiger partial charge >= 0.3 is 5.97 Å². The molecule has 0 spiro atoms. The molecule has 0 radical (unpaired) electrons. The molecule has 0 saturated heterocycles. The molecule has 0 unspecified atom stereocenters. The number of amides is 1. The Morgan fingerprint density at radius 2 is 2.26 bits per heavy atom. The van der Waals surface area contributed by atoms with Crippen molar-refractivity contribution in [3.63, 3.8) is 0 Å². The second kappa shape index (κ2) is 5.99. The van der Waals surface area contributed by atoms with Crippen LogP contribution in [0, 0.1) is 0 Å². The van der Waals surface area contributed by atoms with Gasteiger partial charge in [0.05, 0.1) is 6.61 Å². The largest absolute Gasteiger partial charge is 0.466 e. The Bertz CT molecular complexity index is 591. The number of rotatable bonds is 5. The summed E-state index contributed by atoms with van der Waals surface area (Å²) < 4.78 is 9.85. The van der Waals surface area contributed by atoms with Crippen LogP contribution in [0.1, 0.15) is 18.9 Å². The van der Waals surface area contributed by atoms with Crippen molar-refractivity contribution in [2.45, 2.75) is 19.9 Å². The molecule has 0 aliphatic heterocycles. The molecule has 0 atom stereocenters. The number of nitrogens with one attached hydrogen (secondary N) is 1. The second-order valence-electron chi connectivity index (χ2n) is 3.91. The van der Waals surface area contributed by atoms with Crippen LogP contribution in [0.3, 0.4) is 0 Å². The third-order valence-corrected chi connectivity index (χ3v) is 2.50. The number of hydrogen-bond donors (Lipinski definition) is 1. The number of hydrogen-bond acceptors (Lipinski definition) is 5. The van der Waals surface area contributed by atoms with E-state index in [1.54, 1.807) is 13.0 Å². The normalized spacial score (nSPS) is 10.4. The SMILES string of the molecule is CCOC(=O)CC(=O)NCc1ccc2ncoc2c1. The number of fused-ring (bicyclic) bond motifs is 1. The van der Waals surface area contributed by atoms with Crippen molar-refractivity contribution < 1.29 is 18.7 Å². The molecule has 1 N–H and O–H groups in total. The van der Waals surface area contributed by atoms with Crippen LogP contribution in [-0.2, 0) is 20.9 Å². The average molecular weight is 262 g/mol. The Labute approximate surface area is 109 Å². The second-order valence-corrected chi connectivity index (χ2v) is 3.91. The molecule has 2 rings (SSSR count). The van der Waals surface area contributed by atoms with Gasteiger partial charge in [-0.1, -0.05) is 6.07 Å². The zero-order valence-electron chi connectivity index (χ0n) is 10.5. The number of benzene rings is 1. The van der Waals surface area contributed by atoms with E-state index in [-0.39, 0.29) is 18.9 Å². The number of esters is 1. The summed E-state index contributed by atoms with van der Waals surface area (Å²) in [6.07, 6.45) is 1.10. The third kappa shape index (κ3) is 3.54. The van der Waals surface area contributed by atoms with Gasteiger partial charge in [0.15, 0.2) is 12.0 Å². The van der Waals surface area contributed by atoms with Gasteiger partial charge in [-0.3, -0.25) is 9.59 Å². The monoisotopic (exact) mass is 262 g/mol. The smallest absolute Gasteiger partial charge is 0.315 e. The van der Waals surface area contributed by atoms with E-state index in [1.165, 1.54) is 6.39 Å². The van der Waals surface area contributed by atoms with E-state index < -0.39 is 5.97 Å². The average Bonchev–Trinajstić information content (AvgIpc) is 2.83. The lowest BCUT2D eigenvalue weighted by Crippen LogP contribution is -2.26. The van der Waals surface area contributed by atoms with Crippen molar-refractivity contribution in [2.75, 3.05) is 6.61 Å². The topological polar surface area (TPSA) is 81.4 Å². The summed E-state index contributed by atoms with van der Waals surface area (Å²) in [6, 6.07) is 5.45. The van der Waals surface area contributed by atoms with Crippen molar-refractivity contribution >= 4 is 23.0 Å². The van der Waals surface area contributed by atoms with E-state index in [2.05, 4.69) is 15.0 Å². The molecule has 100 valence electrons. The Balaban J connectivity index is 1.87. The van der Waals surface area contributed by atoms with Crippen LogP contribution < -0.4 is 5.32 Å². The molecule has 6 heteroatoms.